The molecule has 3 aromatic rings. The second-order valence-electron chi connectivity index (χ2n) is 12.3. The number of carboxylic acid groups (broad SMARTS) is 1. The number of nitrogens with zero attached hydrogens (tertiary/aromatic N) is 2. The molecule has 11 heteroatoms. The quantitative estimate of drug-likeness (QED) is 0.207. The Balaban J connectivity index is 1.65. The van der Waals surface area contributed by atoms with Gasteiger partial charge in [-0.3, -0.25) is 19.3 Å². The van der Waals surface area contributed by atoms with Crippen LogP contribution < -0.4 is 14.2 Å². The van der Waals surface area contributed by atoms with Gasteiger partial charge in [-0.2, -0.15) is 0 Å². The summed E-state index contributed by atoms with van der Waals surface area (Å²) in [5.41, 5.74) is 1.26. The number of benzene rings is 3. The van der Waals surface area contributed by atoms with Crippen molar-refractivity contribution in [2.45, 2.75) is 68.5 Å². The molecule has 0 aliphatic carbocycles. The van der Waals surface area contributed by atoms with Gasteiger partial charge in [-0.1, -0.05) is 36.4 Å². The highest BCUT2D eigenvalue weighted by atomic mass is 16.6. The molecule has 1 amide bonds. The Morgan fingerprint density at radius 2 is 1.17 bits per heavy atom. The molecule has 0 spiro atoms. The second-order valence-corrected chi connectivity index (χ2v) is 12.3. The third-order valence-electron chi connectivity index (χ3n) is 9.75. The molecule has 1 unspecified atom stereocenters. The van der Waals surface area contributed by atoms with Gasteiger partial charge in [0.05, 0.1) is 33.8 Å². The third kappa shape index (κ3) is 6.84. The Bertz CT molecular complexity index is 1460. The van der Waals surface area contributed by atoms with E-state index in [4.69, 9.17) is 28.8 Å². The molecular weight excluding hydrogens is 616 g/mol. The standard InChI is InChI=1S/C37H44N2O9/c1-23(40)47-35-31-21-27(38(2)33(41)19-20-34(42)43)22-32(39(31)3)36(35)48-37(24-7-13-28(44-4)14-8-24,25-9-15-29(45-5)16-10-25)26-11-17-30(46-6)18-12-26/h7-18,27,31-32,35-36H,19-22H2,1-6H3,(H,42,43)/t27?,31-,32+,35-,36+/m0/s1. The van der Waals surface area contributed by atoms with E-state index in [1.807, 2.05) is 79.8 Å². The molecule has 2 heterocycles. The topological polar surface area (TPSA) is 124 Å². The number of hydrogen-bond acceptors (Lipinski definition) is 9. The molecule has 2 aliphatic heterocycles. The number of carbonyl (C=O) groups is 3. The van der Waals surface area contributed by atoms with E-state index in [1.54, 1.807) is 33.3 Å². The van der Waals surface area contributed by atoms with Gasteiger partial charge in [-0.15, -0.1) is 0 Å². The van der Waals surface area contributed by atoms with Gasteiger partial charge in [-0.05, 0) is 73.0 Å². The van der Waals surface area contributed by atoms with Gasteiger partial charge in [0.25, 0.3) is 0 Å². The molecule has 5 rings (SSSR count). The lowest BCUT2D eigenvalue weighted by Crippen LogP contribution is -2.51. The molecule has 2 aliphatic rings. The number of likely N-dealkylation sites (N-methyl/N-ethyl adjacent to an activating group) is 1. The molecular formula is C37H44N2O9. The Morgan fingerprint density at radius 3 is 1.54 bits per heavy atom. The first-order valence-corrected chi connectivity index (χ1v) is 16.0. The molecule has 1 N–H and O–H groups in total. The number of rotatable bonds is 13. The summed E-state index contributed by atoms with van der Waals surface area (Å²) in [6.45, 7) is 1.39. The third-order valence-corrected chi connectivity index (χ3v) is 9.75. The van der Waals surface area contributed by atoms with E-state index < -0.39 is 29.7 Å². The van der Waals surface area contributed by atoms with Crippen LogP contribution in [-0.4, -0.2) is 98.5 Å². The molecule has 0 aromatic heterocycles. The number of hydrogen-bond donors (Lipinski definition) is 1. The van der Waals surface area contributed by atoms with Gasteiger partial charge in [-0.25, -0.2) is 0 Å². The Kier molecular flexibility index (Phi) is 10.6. The molecule has 11 nitrogen and oxygen atoms in total. The lowest BCUT2D eigenvalue weighted by molar-refractivity contribution is -0.160. The lowest BCUT2D eigenvalue weighted by atomic mass is 9.79. The van der Waals surface area contributed by atoms with Crippen LogP contribution in [0.25, 0.3) is 0 Å². The molecule has 48 heavy (non-hydrogen) atoms. The number of aliphatic carboxylic acids is 1. The number of fused-ring (bicyclic) bond motifs is 2. The van der Waals surface area contributed by atoms with Crippen molar-refractivity contribution in [3.05, 3.63) is 89.5 Å². The first kappa shape index (κ1) is 34.7. The molecule has 0 saturated carbocycles. The maximum Gasteiger partial charge on any atom is 0.303 e. The number of ether oxygens (including phenoxy) is 5. The maximum absolute atomic E-state index is 13.0. The number of carbonyl (C=O) groups excluding carboxylic acids is 2. The average molecular weight is 661 g/mol. The molecule has 2 bridgehead atoms. The van der Waals surface area contributed by atoms with Crippen molar-refractivity contribution >= 4 is 17.8 Å². The zero-order valence-corrected chi connectivity index (χ0v) is 28.3. The van der Waals surface area contributed by atoms with Crippen molar-refractivity contribution in [2.24, 2.45) is 0 Å². The van der Waals surface area contributed by atoms with Crippen LogP contribution in [0, 0.1) is 0 Å². The van der Waals surface area contributed by atoms with E-state index in [0.29, 0.717) is 30.1 Å². The minimum atomic E-state index is -1.20. The maximum atomic E-state index is 13.0. The van der Waals surface area contributed by atoms with Crippen LogP contribution in [0.4, 0.5) is 0 Å². The second kappa shape index (κ2) is 14.7. The van der Waals surface area contributed by atoms with Gasteiger partial charge in [0.15, 0.2) is 0 Å². The zero-order chi connectivity index (χ0) is 34.6. The SMILES string of the molecule is COc1ccc(C(O[C@H]2[C@@H](OC(C)=O)[C@@H]3CC(N(C)C(=O)CCC(=O)O)C[C@H]2N3C)(c2ccc(OC)cc2)c2ccc(OC)cc2)cc1. The van der Waals surface area contributed by atoms with Crippen LogP contribution in [0.3, 0.4) is 0 Å². The minimum absolute atomic E-state index is 0.0870. The fraction of sp³-hybridized carbons (Fsp3) is 0.432. The Morgan fingerprint density at radius 1 is 0.750 bits per heavy atom. The molecule has 0 radical (unpaired) electrons. The van der Waals surface area contributed by atoms with E-state index in [-0.39, 0.29) is 36.9 Å². The smallest absolute Gasteiger partial charge is 0.303 e. The van der Waals surface area contributed by atoms with Crippen LogP contribution in [0.1, 0.15) is 49.3 Å². The van der Waals surface area contributed by atoms with Crippen LogP contribution in [0.5, 0.6) is 17.2 Å². The Hall–Kier alpha value is -4.61. The summed E-state index contributed by atoms with van der Waals surface area (Å²) in [4.78, 5) is 40.7. The van der Waals surface area contributed by atoms with Crippen molar-refractivity contribution < 1.29 is 43.2 Å². The molecule has 3 aromatic carbocycles. The zero-order valence-electron chi connectivity index (χ0n) is 28.3. The summed E-state index contributed by atoms with van der Waals surface area (Å²) < 4.78 is 30.1. The van der Waals surface area contributed by atoms with Crippen molar-refractivity contribution in [1.29, 1.82) is 0 Å². The number of esters is 1. The number of piperidine rings is 1. The van der Waals surface area contributed by atoms with Crippen LogP contribution >= 0.6 is 0 Å². The summed E-state index contributed by atoms with van der Waals surface area (Å²) in [5.74, 6) is 0.368. The summed E-state index contributed by atoms with van der Waals surface area (Å²) in [6.07, 6.45) is -0.536. The summed E-state index contributed by atoms with van der Waals surface area (Å²) >= 11 is 0. The monoisotopic (exact) mass is 660 g/mol. The van der Waals surface area contributed by atoms with Gasteiger partial charge < -0.3 is 33.7 Å². The fourth-order valence-corrected chi connectivity index (χ4v) is 7.18. The summed E-state index contributed by atoms with van der Waals surface area (Å²) in [5, 5.41) is 9.15. The highest BCUT2D eigenvalue weighted by molar-refractivity contribution is 5.80. The van der Waals surface area contributed by atoms with Crippen molar-refractivity contribution in [3.8, 4) is 17.2 Å². The first-order valence-electron chi connectivity index (χ1n) is 16.0. The number of carboxylic acids is 1. The summed E-state index contributed by atoms with van der Waals surface area (Å²) in [7, 11) is 8.55. The van der Waals surface area contributed by atoms with E-state index in [0.717, 1.165) is 16.7 Å². The fourth-order valence-electron chi connectivity index (χ4n) is 7.18. The van der Waals surface area contributed by atoms with Crippen molar-refractivity contribution in [3.63, 3.8) is 0 Å². The molecule has 5 atom stereocenters. The van der Waals surface area contributed by atoms with Gasteiger partial charge in [0.1, 0.15) is 35.1 Å². The minimum Gasteiger partial charge on any atom is -0.497 e. The van der Waals surface area contributed by atoms with Gasteiger partial charge in [0.2, 0.25) is 5.91 Å². The van der Waals surface area contributed by atoms with E-state index in [2.05, 4.69) is 4.90 Å². The molecule has 256 valence electrons. The largest absolute Gasteiger partial charge is 0.497 e. The van der Waals surface area contributed by atoms with Crippen LogP contribution in [-0.2, 0) is 29.5 Å². The van der Waals surface area contributed by atoms with E-state index in [1.165, 1.54) is 6.92 Å². The molecule has 2 saturated heterocycles. The van der Waals surface area contributed by atoms with Gasteiger partial charge >= 0.3 is 11.9 Å². The average Bonchev–Trinajstić information content (AvgIpc) is 3.22. The van der Waals surface area contributed by atoms with Crippen molar-refractivity contribution in [1.82, 2.24) is 9.80 Å². The number of amides is 1. The highest BCUT2D eigenvalue weighted by Gasteiger charge is 2.57. The highest BCUT2D eigenvalue weighted by Crippen LogP contribution is 2.48. The lowest BCUT2D eigenvalue weighted by Gasteiger charge is -2.42. The van der Waals surface area contributed by atoms with Crippen molar-refractivity contribution in [2.75, 3.05) is 35.4 Å². The number of methoxy groups -OCH3 is 3. The van der Waals surface area contributed by atoms with Crippen LogP contribution in [0.15, 0.2) is 72.8 Å². The van der Waals surface area contributed by atoms with Crippen LogP contribution in [0.2, 0.25) is 0 Å². The van der Waals surface area contributed by atoms with E-state index >= 15 is 0 Å². The van der Waals surface area contributed by atoms with Gasteiger partial charge in [0, 0.05) is 32.5 Å². The van der Waals surface area contributed by atoms with E-state index in [9.17, 15) is 14.4 Å². The Labute approximate surface area is 281 Å². The molecule has 2 fully saturated rings. The first-order chi connectivity index (χ1) is 23.0. The predicted molar refractivity (Wildman–Crippen MR) is 177 cm³/mol. The predicted octanol–water partition coefficient (Wildman–Crippen LogP) is 4.49. The summed E-state index contributed by atoms with van der Waals surface area (Å²) in [6, 6.07) is 22.4. The normalized spacial score (nSPS) is 22.1.